The minimum Gasteiger partial charge on any atom is -0.393 e. The average molecular weight is 168 g/mol. The van der Waals surface area contributed by atoms with E-state index in [4.69, 9.17) is 5.11 Å². The van der Waals surface area contributed by atoms with Crippen LogP contribution in [0.1, 0.15) is 18.9 Å². The second-order valence-corrected chi connectivity index (χ2v) is 3.45. The third-order valence-corrected chi connectivity index (χ3v) is 2.15. The maximum Gasteiger partial charge on any atom is 0.0552 e. The van der Waals surface area contributed by atoms with Crippen molar-refractivity contribution in [2.45, 2.75) is 19.4 Å². The van der Waals surface area contributed by atoms with Gasteiger partial charge in [-0.25, -0.2) is 0 Å². The predicted octanol–water partition coefficient (Wildman–Crippen LogP) is 2.53. The van der Waals surface area contributed by atoms with E-state index < -0.39 is 0 Å². The summed E-state index contributed by atoms with van der Waals surface area (Å²) in [5, 5.41) is 13.1. The van der Waals surface area contributed by atoms with Crippen LogP contribution in [0.2, 0.25) is 0 Å². The van der Waals surface area contributed by atoms with Crippen molar-refractivity contribution >= 4 is 16.9 Å². The largest absolute Gasteiger partial charge is 0.393 e. The summed E-state index contributed by atoms with van der Waals surface area (Å²) in [6.45, 7) is 5.66. The lowest BCUT2D eigenvalue weighted by Crippen LogP contribution is -1.99. The summed E-state index contributed by atoms with van der Waals surface area (Å²) in [6.07, 6.45) is 0.374. The van der Waals surface area contributed by atoms with Crippen molar-refractivity contribution in [1.29, 1.82) is 0 Å². The standard InChI is InChI=1S/C9H12OS/c1-7(5-8(2)10)9-3-4-11-6-9/h3-4,6,8,10H,1,5H2,2H3. The van der Waals surface area contributed by atoms with Gasteiger partial charge in [0.2, 0.25) is 0 Å². The first kappa shape index (κ1) is 8.50. The molecule has 1 heterocycles. The normalized spacial score (nSPS) is 12.9. The molecule has 0 fully saturated rings. The van der Waals surface area contributed by atoms with Crippen LogP contribution in [0, 0.1) is 0 Å². The number of hydrogen-bond acceptors (Lipinski definition) is 2. The lowest BCUT2D eigenvalue weighted by atomic mass is 10.1. The molecule has 1 N–H and O–H groups in total. The molecule has 0 saturated carbocycles. The molecule has 1 aromatic heterocycles. The van der Waals surface area contributed by atoms with Crippen LogP contribution in [0.25, 0.3) is 5.57 Å². The van der Waals surface area contributed by atoms with E-state index in [1.165, 1.54) is 0 Å². The van der Waals surface area contributed by atoms with Crippen molar-refractivity contribution in [2.75, 3.05) is 0 Å². The highest BCUT2D eigenvalue weighted by molar-refractivity contribution is 7.08. The zero-order valence-corrected chi connectivity index (χ0v) is 7.40. The van der Waals surface area contributed by atoms with Gasteiger partial charge in [-0.2, -0.15) is 11.3 Å². The molecule has 2 heteroatoms. The maximum atomic E-state index is 9.06. The fraction of sp³-hybridized carbons (Fsp3) is 0.333. The summed E-state index contributed by atoms with van der Waals surface area (Å²) < 4.78 is 0. The molecular weight excluding hydrogens is 156 g/mol. The van der Waals surface area contributed by atoms with E-state index in [1.54, 1.807) is 18.3 Å². The Hall–Kier alpha value is -0.600. The summed E-state index contributed by atoms with van der Waals surface area (Å²) in [4.78, 5) is 0. The molecular formula is C9H12OS. The first-order valence-electron chi connectivity index (χ1n) is 3.58. The van der Waals surface area contributed by atoms with Crippen LogP contribution in [0.4, 0.5) is 0 Å². The van der Waals surface area contributed by atoms with Gasteiger partial charge in [0.25, 0.3) is 0 Å². The summed E-state index contributed by atoms with van der Waals surface area (Å²) in [7, 11) is 0. The monoisotopic (exact) mass is 168 g/mol. The fourth-order valence-corrected chi connectivity index (χ4v) is 1.64. The molecule has 0 saturated heterocycles. The molecule has 11 heavy (non-hydrogen) atoms. The number of rotatable bonds is 3. The van der Waals surface area contributed by atoms with E-state index >= 15 is 0 Å². The molecule has 0 amide bonds. The van der Waals surface area contributed by atoms with Crippen LogP contribution in [-0.2, 0) is 0 Å². The fourth-order valence-electron chi connectivity index (χ4n) is 0.940. The van der Waals surface area contributed by atoms with Crippen LogP contribution in [0.5, 0.6) is 0 Å². The van der Waals surface area contributed by atoms with Gasteiger partial charge in [0.1, 0.15) is 0 Å². The minimum absolute atomic E-state index is 0.289. The van der Waals surface area contributed by atoms with Gasteiger partial charge in [-0.15, -0.1) is 0 Å². The quantitative estimate of drug-likeness (QED) is 0.735. The third kappa shape index (κ3) is 2.48. The van der Waals surface area contributed by atoms with Crippen LogP contribution >= 0.6 is 11.3 Å². The van der Waals surface area contributed by atoms with E-state index in [0.29, 0.717) is 6.42 Å². The molecule has 0 spiro atoms. The van der Waals surface area contributed by atoms with Gasteiger partial charge in [0, 0.05) is 0 Å². The Morgan fingerprint density at radius 3 is 3.00 bits per heavy atom. The van der Waals surface area contributed by atoms with Gasteiger partial charge in [-0.3, -0.25) is 0 Å². The van der Waals surface area contributed by atoms with Crippen LogP contribution in [0.3, 0.4) is 0 Å². The molecule has 0 bridgehead atoms. The number of thiophene rings is 1. The number of hydrogen-bond donors (Lipinski definition) is 1. The smallest absolute Gasteiger partial charge is 0.0552 e. The van der Waals surface area contributed by atoms with Crippen LogP contribution in [-0.4, -0.2) is 11.2 Å². The van der Waals surface area contributed by atoms with Gasteiger partial charge in [0.05, 0.1) is 6.10 Å². The Morgan fingerprint density at radius 2 is 2.55 bits per heavy atom. The van der Waals surface area contributed by atoms with Crippen molar-refractivity contribution in [3.8, 4) is 0 Å². The molecule has 1 unspecified atom stereocenters. The molecule has 0 aromatic carbocycles. The first-order chi connectivity index (χ1) is 5.20. The molecule has 1 aromatic rings. The molecule has 0 aliphatic rings. The highest BCUT2D eigenvalue weighted by atomic mass is 32.1. The highest BCUT2D eigenvalue weighted by Crippen LogP contribution is 2.19. The summed E-state index contributed by atoms with van der Waals surface area (Å²) in [6, 6.07) is 2.02. The summed E-state index contributed by atoms with van der Waals surface area (Å²) in [5.41, 5.74) is 2.16. The van der Waals surface area contributed by atoms with Gasteiger partial charge < -0.3 is 5.11 Å². The third-order valence-electron chi connectivity index (χ3n) is 1.47. The zero-order chi connectivity index (χ0) is 8.27. The number of aliphatic hydroxyl groups excluding tert-OH is 1. The minimum atomic E-state index is -0.289. The van der Waals surface area contributed by atoms with Gasteiger partial charge in [-0.1, -0.05) is 6.58 Å². The van der Waals surface area contributed by atoms with E-state index in [-0.39, 0.29) is 6.10 Å². The number of aliphatic hydroxyl groups is 1. The average Bonchev–Trinajstić information content (AvgIpc) is 2.35. The predicted molar refractivity (Wildman–Crippen MR) is 49.7 cm³/mol. The molecule has 0 radical (unpaired) electrons. The molecule has 0 aliphatic heterocycles. The van der Waals surface area contributed by atoms with Crippen molar-refractivity contribution < 1.29 is 5.11 Å². The topological polar surface area (TPSA) is 20.2 Å². The molecule has 0 aliphatic carbocycles. The molecule has 1 nitrogen and oxygen atoms in total. The molecule has 1 atom stereocenters. The van der Waals surface area contributed by atoms with Gasteiger partial charge >= 0.3 is 0 Å². The van der Waals surface area contributed by atoms with Crippen LogP contribution < -0.4 is 0 Å². The van der Waals surface area contributed by atoms with Crippen molar-refractivity contribution in [3.63, 3.8) is 0 Å². The Kier molecular flexibility index (Phi) is 2.85. The highest BCUT2D eigenvalue weighted by Gasteiger charge is 2.02. The zero-order valence-electron chi connectivity index (χ0n) is 6.58. The molecule has 60 valence electrons. The SMILES string of the molecule is C=C(CC(C)O)c1ccsc1. The maximum absolute atomic E-state index is 9.06. The van der Waals surface area contributed by atoms with Crippen molar-refractivity contribution in [1.82, 2.24) is 0 Å². The first-order valence-corrected chi connectivity index (χ1v) is 4.53. The Morgan fingerprint density at radius 1 is 1.82 bits per heavy atom. The van der Waals surface area contributed by atoms with E-state index in [2.05, 4.69) is 6.58 Å². The Labute approximate surface area is 71.0 Å². The Bertz CT molecular complexity index is 224. The summed E-state index contributed by atoms with van der Waals surface area (Å²) in [5.74, 6) is 0. The summed E-state index contributed by atoms with van der Waals surface area (Å²) >= 11 is 1.65. The lowest BCUT2D eigenvalue weighted by molar-refractivity contribution is 0.201. The van der Waals surface area contributed by atoms with Gasteiger partial charge in [0.15, 0.2) is 0 Å². The van der Waals surface area contributed by atoms with E-state index in [0.717, 1.165) is 11.1 Å². The van der Waals surface area contributed by atoms with Crippen LogP contribution in [0.15, 0.2) is 23.4 Å². The van der Waals surface area contributed by atoms with E-state index in [1.807, 2.05) is 16.8 Å². The van der Waals surface area contributed by atoms with Gasteiger partial charge in [-0.05, 0) is 41.3 Å². The lowest BCUT2D eigenvalue weighted by Gasteiger charge is -2.04. The molecule has 1 rings (SSSR count). The van der Waals surface area contributed by atoms with Crippen molar-refractivity contribution in [2.24, 2.45) is 0 Å². The van der Waals surface area contributed by atoms with Crippen molar-refractivity contribution in [3.05, 3.63) is 29.0 Å². The van der Waals surface area contributed by atoms with E-state index in [9.17, 15) is 0 Å². The second-order valence-electron chi connectivity index (χ2n) is 2.67. The Balaban J connectivity index is 2.57. The second kappa shape index (κ2) is 3.69.